The Labute approximate surface area is 117 Å². The first-order valence-corrected chi connectivity index (χ1v) is 6.97. The summed E-state index contributed by atoms with van der Waals surface area (Å²) in [6.07, 6.45) is -1.95. The molecular formula is C15H20F3NO. The Morgan fingerprint density at radius 2 is 1.95 bits per heavy atom. The van der Waals surface area contributed by atoms with Gasteiger partial charge in [0.05, 0.1) is 5.92 Å². The smallest absolute Gasteiger partial charge is 0.393 e. The first-order valence-electron chi connectivity index (χ1n) is 6.97. The van der Waals surface area contributed by atoms with E-state index in [1.54, 1.807) is 25.1 Å². The summed E-state index contributed by atoms with van der Waals surface area (Å²) in [6.45, 7) is 2.04. The molecule has 5 heteroatoms. The molecule has 1 saturated carbocycles. The predicted molar refractivity (Wildman–Crippen MR) is 71.5 cm³/mol. The largest absolute Gasteiger partial charge is 0.507 e. The molecule has 2 N–H and O–H groups in total. The first kappa shape index (κ1) is 15.2. The number of hydrogen-bond donors (Lipinski definition) is 2. The number of phenolic OH excluding ortho intramolecular Hbond substituents is 1. The molecule has 2 rings (SSSR count). The molecule has 2 atom stereocenters. The van der Waals surface area contributed by atoms with Gasteiger partial charge in [-0.2, -0.15) is 13.2 Å². The van der Waals surface area contributed by atoms with Crippen molar-refractivity contribution in [3.8, 4) is 5.75 Å². The van der Waals surface area contributed by atoms with Crippen LogP contribution in [0.15, 0.2) is 18.2 Å². The van der Waals surface area contributed by atoms with Gasteiger partial charge in [-0.05, 0) is 25.3 Å². The molecule has 20 heavy (non-hydrogen) atoms. The topological polar surface area (TPSA) is 32.3 Å². The number of hydrogen-bond acceptors (Lipinski definition) is 2. The second-order valence-corrected chi connectivity index (χ2v) is 5.50. The fraction of sp³-hybridized carbons (Fsp3) is 0.600. The van der Waals surface area contributed by atoms with E-state index < -0.39 is 18.1 Å². The molecule has 1 aromatic rings. The molecule has 2 nitrogen and oxygen atoms in total. The number of benzene rings is 1. The second-order valence-electron chi connectivity index (χ2n) is 5.50. The van der Waals surface area contributed by atoms with Gasteiger partial charge in [-0.15, -0.1) is 0 Å². The zero-order valence-corrected chi connectivity index (χ0v) is 11.5. The highest BCUT2D eigenvalue weighted by molar-refractivity contribution is 5.39. The quantitative estimate of drug-likeness (QED) is 0.883. The number of halogens is 3. The summed E-state index contributed by atoms with van der Waals surface area (Å²) in [6, 6.07) is 4.76. The third-order valence-electron chi connectivity index (χ3n) is 4.06. The van der Waals surface area contributed by atoms with E-state index in [0.717, 1.165) is 12.0 Å². The summed E-state index contributed by atoms with van der Waals surface area (Å²) in [5.41, 5.74) is 1.39. The van der Waals surface area contributed by atoms with Gasteiger partial charge < -0.3 is 10.4 Å². The molecule has 0 spiro atoms. The van der Waals surface area contributed by atoms with Gasteiger partial charge in [0.1, 0.15) is 5.75 Å². The lowest BCUT2D eigenvalue weighted by Gasteiger charge is -2.33. The van der Waals surface area contributed by atoms with Crippen molar-refractivity contribution in [1.29, 1.82) is 0 Å². The van der Waals surface area contributed by atoms with E-state index in [-0.39, 0.29) is 18.7 Å². The number of nitrogens with one attached hydrogen (secondary N) is 1. The zero-order valence-electron chi connectivity index (χ0n) is 11.5. The van der Waals surface area contributed by atoms with Gasteiger partial charge in [0.15, 0.2) is 0 Å². The molecule has 1 fully saturated rings. The van der Waals surface area contributed by atoms with Crippen LogP contribution in [0.1, 0.15) is 36.8 Å². The molecule has 1 aliphatic rings. The van der Waals surface area contributed by atoms with Crippen molar-refractivity contribution in [2.75, 3.05) is 0 Å². The maximum atomic E-state index is 13.0. The Morgan fingerprint density at radius 3 is 2.65 bits per heavy atom. The monoisotopic (exact) mass is 287 g/mol. The molecule has 0 radical (unpaired) electrons. The van der Waals surface area contributed by atoms with E-state index in [4.69, 9.17) is 0 Å². The van der Waals surface area contributed by atoms with Crippen molar-refractivity contribution in [2.24, 2.45) is 5.92 Å². The number of para-hydroxylation sites is 1. The van der Waals surface area contributed by atoms with Gasteiger partial charge in [-0.1, -0.05) is 31.0 Å². The number of alkyl halides is 3. The van der Waals surface area contributed by atoms with Crippen molar-refractivity contribution in [1.82, 2.24) is 5.32 Å². The summed E-state index contributed by atoms with van der Waals surface area (Å²) in [4.78, 5) is 0. The Balaban J connectivity index is 2.03. The summed E-state index contributed by atoms with van der Waals surface area (Å²) in [5.74, 6) is -1.11. The average Bonchev–Trinajstić information content (AvgIpc) is 2.40. The van der Waals surface area contributed by atoms with Gasteiger partial charge >= 0.3 is 6.18 Å². The standard InChI is InChI=1S/C15H20F3NO/c1-10-5-4-6-11(14(10)20)9-19-13-8-3-2-7-12(13)15(16,17)18/h4-6,12-13,19-20H,2-3,7-9H2,1H3. The van der Waals surface area contributed by atoms with Crippen molar-refractivity contribution >= 4 is 0 Å². The summed E-state index contributed by atoms with van der Waals surface area (Å²) in [7, 11) is 0. The van der Waals surface area contributed by atoms with Crippen LogP contribution in [-0.2, 0) is 6.54 Å². The average molecular weight is 287 g/mol. The fourth-order valence-corrected chi connectivity index (χ4v) is 2.87. The Bertz CT molecular complexity index is 459. The Hall–Kier alpha value is -1.23. The highest BCUT2D eigenvalue weighted by Crippen LogP contribution is 2.38. The lowest BCUT2D eigenvalue weighted by atomic mass is 9.84. The first-order chi connectivity index (χ1) is 9.39. The van der Waals surface area contributed by atoms with Crippen LogP contribution in [-0.4, -0.2) is 17.3 Å². The second kappa shape index (κ2) is 6.04. The fourth-order valence-electron chi connectivity index (χ4n) is 2.87. The molecule has 0 heterocycles. The van der Waals surface area contributed by atoms with E-state index in [1.165, 1.54) is 0 Å². The molecule has 0 amide bonds. The van der Waals surface area contributed by atoms with Crippen LogP contribution in [0, 0.1) is 12.8 Å². The number of phenols is 1. The predicted octanol–water partition coefficient (Wildman–Crippen LogP) is 3.91. The lowest BCUT2D eigenvalue weighted by Crippen LogP contribution is -2.45. The van der Waals surface area contributed by atoms with Crippen LogP contribution in [0.25, 0.3) is 0 Å². The van der Waals surface area contributed by atoms with Crippen LogP contribution in [0.5, 0.6) is 5.75 Å². The molecule has 0 aromatic heterocycles. The molecule has 1 aromatic carbocycles. The maximum Gasteiger partial charge on any atom is 0.393 e. The van der Waals surface area contributed by atoms with Gasteiger partial charge in [-0.25, -0.2) is 0 Å². The SMILES string of the molecule is Cc1cccc(CNC2CCCCC2C(F)(F)F)c1O. The minimum absolute atomic E-state index is 0.166. The van der Waals surface area contributed by atoms with Crippen LogP contribution in [0.2, 0.25) is 0 Å². The van der Waals surface area contributed by atoms with Crippen molar-refractivity contribution in [2.45, 2.75) is 51.4 Å². The molecular weight excluding hydrogens is 267 g/mol. The highest BCUT2D eigenvalue weighted by atomic mass is 19.4. The summed E-state index contributed by atoms with van der Waals surface area (Å²) < 4.78 is 38.9. The number of aryl methyl sites for hydroxylation is 1. The third-order valence-corrected chi connectivity index (χ3v) is 4.06. The van der Waals surface area contributed by atoms with E-state index in [1.807, 2.05) is 0 Å². The lowest BCUT2D eigenvalue weighted by molar-refractivity contribution is -0.189. The molecule has 0 aliphatic heterocycles. The molecule has 112 valence electrons. The van der Waals surface area contributed by atoms with E-state index in [2.05, 4.69) is 5.32 Å². The normalized spacial score (nSPS) is 23.8. The zero-order chi connectivity index (χ0) is 14.8. The van der Waals surface area contributed by atoms with Gasteiger partial charge in [-0.3, -0.25) is 0 Å². The molecule has 0 saturated heterocycles. The van der Waals surface area contributed by atoms with Gasteiger partial charge in [0, 0.05) is 18.2 Å². The highest BCUT2D eigenvalue weighted by Gasteiger charge is 2.45. The summed E-state index contributed by atoms with van der Waals surface area (Å²) >= 11 is 0. The third kappa shape index (κ3) is 3.45. The Kier molecular flexibility index (Phi) is 4.58. The van der Waals surface area contributed by atoms with Crippen LogP contribution in [0.4, 0.5) is 13.2 Å². The van der Waals surface area contributed by atoms with E-state index in [9.17, 15) is 18.3 Å². The van der Waals surface area contributed by atoms with Crippen molar-refractivity contribution in [3.05, 3.63) is 29.3 Å². The van der Waals surface area contributed by atoms with Crippen LogP contribution in [0.3, 0.4) is 0 Å². The molecule has 2 unspecified atom stereocenters. The Morgan fingerprint density at radius 1 is 1.25 bits per heavy atom. The molecule has 0 bridgehead atoms. The minimum atomic E-state index is -4.15. The van der Waals surface area contributed by atoms with E-state index >= 15 is 0 Å². The maximum absolute atomic E-state index is 13.0. The number of aromatic hydroxyl groups is 1. The number of rotatable bonds is 3. The summed E-state index contributed by atoms with van der Waals surface area (Å²) in [5, 5.41) is 12.9. The van der Waals surface area contributed by atoms with Crippen LogP contribution >= 0.6 is 0 Å². The van der Waals surface area contributed by atoms with E-state index in [0.29, 0.717) is 18.4 Å². The van der Waals surface area contributed by atoms with Gasteiger partial charge in [0.2, 0.25) is 0 Å². The molecule has 1 aliphatic carbocycles. The van der Waals surface area contributed by atoms with Crippen LogP contribution < -0.4 is 5.32 Å². The van der Waals surface area contributed by atoms with Crippen molar-refractivity contribution in [3.63, 3.8) is 0 Å². The minimum Gasteiger partial charge on any atom is -0.507 e. The van der Waals surface area contributed by atoms with Gasteiger partial charge in [0.25, 0.3) is 0 Å². The van der Waals surface area contributed by atoms with Crippen molar-refractivity contribution < 1.29 is 18.3 Å².